The van der Waals surface area contributed by atoms with Gasteiger partial charge in [-0.15, -0.1) is 0 Å². The molecule has 0 aliphatic carbocycles. The highest BCUT2D eigenvalue weighted by molar-refractivity contribution is 5.96. The lowest BCUT2D eigenvalue weighted by Gasteiger charge is -2.18. The maximum absolute atomic E-state index is 12.4. The van der Waals surface area contributed by atoms with Gasteiger partial charge in [0.25, 0.3) is 5.91 Å². The Morgan fingerprint density at radius 3 is 2.12 bits per heavy atom. The molecule has 0 radical (unpaired) electrons. The van der Waals surface area contributed by atoms with Crippen LogP contribution in [0.1, 0.15) is 53.1 Å². The fourth-order valence-corrected chi connectivity index (χ4v) is 2.43. The van der Waals surface area contributed by atoms with Crippen LogP contribution in [0, 0.1) is 0 Å². The molecule has 2 aromatic carbocycles. The van der Waals surface area contributed by atoms with E-state index in [2.05, 4.69) is 5.32 Å². The highest BCUT2D eigenvalue weighted by Gasteiger charge is 2.15. The quantitative estimate of drug-likeness (QED) is 0.790. The number of ether oxygens (including phenoxy) is 2. The van der Waals surface area contributed by atoms with E-state index in [9.17, 15) is 9.59 Å². The molecule has 0 fully saturated rings. The van der Waals surface area contributed by atoms with Crippen LogP contribution in [0.25, 0.3) is 0 Å². The van der Waals surface area contributed by atoms with Crippen molar-refractivity contribution in [1.29, 1.82) is 0 Å². The molecule has 1 atom stereocenters. The summed E-state index contributed by atoms with van der Waals surface area (Å²) in [6.07, 6.45) is 0.0284. The smallest absolute Gasteiger partial charge is 0.335 e. The number of carbonyl (C=O) groups is 2. The van der Waals surface area contributed by atoms with Gasteiger partial charge in [0.05, 0.1) is 24.8 Å². The number of carboxylic acids is 1. The van der Waals surface area contributed by atoms with Crippen molar-refractivity contribution in [2.75, 3.05) is 7.11 Å². The van der Waals surface area contributed by atoms with Crippen LogP contribution < -0.4 is 14.8 Å². The Bertz CT molecular complexity index is 783. The van der Waals surface area contributed by atoms with Crippen LogP contribution in [0.3, 0.4) is 0 Å². The van der Waals surface area contributed by atoms with E-state index in [4.69, 9.17) is 14.6 Å². The molecule has 1 unspecified atom stereocenters. The number of hydrogen-bond acceptors (Lipinski definition) is 4. The normalized spacial score (nSPS) is 11.7. The van der Waals surface area contributed by atoms with E-state index in [1.165, 1.54) is 24.3 Å². The topological polar surface area (TPSA) is 84.9 Å². The standard InChI is InChI=1S/C20H23NO5/c1-12(2)26-17-10-9-16(11-18(17)25-4)13(3)21-19(22)14-5-7-15(8-6-14)20(23)24/h5-13H,1-4H3,(H,21,22)(H,23,24). The number of nitrogens with one attached hydrogen (secondary N) is 1. The number of carbonyl (C=O) groups excluding carboxylic acids is 1. The van der Waals surface area contributed by atoms with Crippen LogP contribution in [0.4, 0.5) is 0 Å². The molecule has 2 rings (SSSR count). The Morgan fingerprint density at radius 1 is 0.962 bits per heavy atom. The average Bonchev–Trinajstić information content (AvgIpc) is 2.61. The fourth-order valence-electron chi connectivity index (χ4n) is 2.43. The second kappa shape index (κ2) is 8.38. The maximum atomic E-state index is 12.4. The third kappa shape index (κ3) is 4.75. The number of carboxylic acid groups (broad SMARTS) is 1. The van der Waals surface area contributed by atoms with Crippen molar-refractivity contribution >= 4 is 11.9 Å². The second-order valence-corrected chi connectivity index (χ2v) is 6.15. The minimum absolute atomic E-state index is 0.0284. The van der Waals surface area contributed by atoms with E-state index in [0.29, 0.717) is 17.1 Å². The third-order valence-corrected chi connectivity index (χ3v) is 3.79. The van der Waals surface area contributed by atoms with E-state index in [0.717, 1.165) is 5.56 Å². The zero-order valence-electron chi connectivity index (χ0n) is 15.3. The van der Waals surface area contributed by atoms with Gasteiger partial charge in [0.15, 0.2) is 11.5 Å². The molecule has 6 heteroatoms. The highest BCUT2D eigenvalue weighted by Crippen LogP contribution is 2.31. The number of benzene rings is 2. The zero-order valence-corrected chi connectivity index (χ0v) is 15.3. The van der Waals surface area contributed by atoms with Crippen molar-refractivity contribution in [3.05, 3.63) is 59.2 Å². The van der Waals surface area contributed by atoms with Crippen LogP contribution in [0.5, 0.6) is 11.5 Å². The van der Waals surface area contributed by atoms with Crippen molar-refractivity contribution in [2.45, 2.75) is 32.9 Å². The van der Waals surface area contributed by atoms with Crippen molar-refractivity contribution in [3.8, 4) is 11.5 Å². The second-order valence-electron chi connectivity index (χ2n) is 6.15. The predicted molar refractivity (Wildman–Crippen MR) is 98.0 cm³/mol. The van der Waals surface area contributed by atoms with Crippen LogP contribution >= 0.6 is 0 Å². The minimum atomic E-state index is -1.03. The lowest BCUT2D eigenvalue weighted by Crippen LogP contribution is -2.26. The molecule has 0 heterocycles. The lowest BCUT2D eigenvalue weighted by atomic mass is 10.1. The first-order valence-corrected chi connectivity index (χ1v) is 8.30. The third-order valence-electron chi connectivity index (χ3n) is 3.79. The molecule has 1 amide bonds. The molecule has 0 spiro atoms. The fraction of sp³-hybridized carbons (Fsp3) is 0.300. The summed E-state index contributed by atoms with van der Waals surface area (Å²) in [7, 11) is 1.57. The van der Waals surface area contributed by atoms with Gasteiger partial charge in [0.2, 0.25) is 0 Å². The van der Waals surface area contributed by atoms with Crippen LogP contribution in [0.2, 0.25) is 0 Å². The molecule has 2 N–H and O–H groups in total. The molecule has 0 aliphatic heterocycles. The van der Waals surface area contributed by atoms with Crippen molar-refractivity contribution in [2.24, 2.45) is 0 Å². The van der Waals surface area contributed by atoms with E-state index in [1.54, 1.807) is 7.11 Å². The molecule has 0 saturated heterocycles. The number of aromatic carboxylic acids is 1. The summed E-state index contributed by atoms with van der Waals surface area (Å²) in [6, 6.07) is 11.1. The monoisotopic (exact) mass is 357 g/mol. The van der Waals surface area contributed by atoms with E-state index >= 15 is 0 Å². The van der Waals surface area contributed by atoms with Gasteiger partial charge in [-0.2, -0.15) is 0 Å². The number of hydrogen-bond donors (Lipinski definition) is 2. The Labute approximate surface area is 152 Å². The van der Waals surface area contributed by atoms with E-state index < -0.39 is 5.97 Å². The van der Waals surface area contributed by atoms with E-state index in [-0.39, 0.29) is 23.6 Å². The Kier molecular flexibility index (Phi) is 6.22. The highest BCUT2D eigenvalue weighted by atomic mass is 16.5. The van der Waals surface area contributed by atoms with Gasteiger partial charge in [0.1, 0.15) is 0 Å². The summed E-state index contributed by atoms with van der Waals surface area (Å²) >= 11 is 0. The Morgan fingerprint density at radius 2 is 1.58 bits per heavy atom. The van der Waals surface area contributed by atoms with Gasteiger partial charge < -0.3 is 19.9 Å². The molecule has 26 heavy (non-hydrogen) atoms. The maximum Gasteiger partial charge on any atom is 0.335 e. The summed E-state index contributed by atoms with van der Waals surface area (Å²) in [5.41, 5.74) is 1.40. The van der Waals surface area contributed by atoms with Gasteiger partial charge in [-0.1, -0.05) is 6.07 Å². The predicted octanol–water partition coefficient (Wildman–Crippen LogP) is 3.67. The van der Waals surface area contributed by atoms with Gasteiger partial charge in [0, 0.05) is 5.56 Å². The van der Waals surface area contributed by atoms with Crippen LogP contribution in [0.15, 0.2) is 42.5 Å². The minimum Gasteiger partial charge on any atom is -0.493 e. The summed E-state index contributed by atoms with van der Waals surface area (Å²) in [5.74, 6) is -0.0609. The first kappa shape index (κ1) is 19.3. The Hall–Kier alpha value is -3.02. The average molecular weight is 357 g/mol. The molecular weight excluding hydrogens is 334 g/mol. The van der Waals surface area contributed by atoms with Crippen LogP contribution in [-0.4, -0.2) is 30.2 Å². The van der Waals surface area contributed by atoms with Crippen molar-refractivity contribution < 1.29 is 24.2 Å². The van der Waals surface area contributed by atoms with Gasteiger partial charge in [-0.3, -0.25) is 4.79 Å². The van der Waals surface area contributed by atoms with E-state index in [1.807, 2.05) is 39.0 Å². The number of amides is 1. The summed E-state index contributed by atoms with van der Waals surface area (Å²) < 4.78 is 11.1. The summed E-state index contributed by atoms with van der Waals surface area (Å²) in [6.45, 7) is 5.74. The zero-order chi connectivity index (χ0) is 19.3. The lowest BCUT2D eigenvalue weighted by molar-refractivity contribution is 0.0696. The van der Waals surface area contributed by atoms with Crippen LogP contribution in [-0.2, 0) is 0 Å². The largest absolute Gasteiger partial charge is 0.493 e. The molecule has 0 bridgehead atoms. The van der Waals surface area contributed by atoms with Gasteiger partial charge in [-0.05, 0) is 62.7 Å². The number of rotatable bonds is 7. The Balaban J connectivity index is 2.12. The summed E-state index contributed by atoms with van der Waals surface area (Å²) in [4.78, 5) is 23.2. The molecule has 138 valence electrons. The first-order valence-electron chi connectivity index (χ1n) is 8.30. The molecule has 6 nitrogen and oxygen atoms in total. The SMILES string of the molecule is COc1cc(C(C)NC(=O)c2ccc(C(=O)O)cc2)ccc1OC(C)C. The number of methoxy groups -OCH3 is 1. The van der Waals surface area contributed by atoms with Crippen molar-refractivity contribution in [3.63, 3.8) is 0 Å². The van der Waals surface area contributed by atoms with Crippen molar-refractivity contribution in [1.82, 2.24) is 5.32 Å². The molecule has 0 aliphatic rings. The van der Waals surface area contributed by atoms with Gasteiger partial charge >= 0.3 is 5.97 Å². The molecule has 0 saturated carbocycles. The van der Waals surface area contributed by atoms with Gasteiger partial charge in [-0.25, -0.2) is 4.79 Å². The molecular formula is C20H23NO5. The molecule has 2 aromatic rings. The molecule has 0 aromatic heterocycles. The summed E-state index contributed by atoms with van der Waals surface area (Å²) in [5, 5.41) is 11.8. The first-order chi connectivity index (χ1) is 12.3.